The number of carboxylic acid groups (broad SMARTS) is 1. The lowest BCUT2D eigenvalue weighted by Gasteiger charge is -2.38. The van der Waals surface area contributed by atoms with Gasteiger partial charge in [-0.3, -0.25) is 14.7 Å². The van der Waals surface area contributed by atoms with Crippen LogP contribution in [0, 0.1) is 37.0 Å². The van der Waals surface area contributed by atoms with Crippen LogP contribution < -0.4 is 9.47 Å². The third-order valence-corrected chi connectivity index (χ3v) is 11.8. The highest BCUT2D eigenvalue weighted by Crippen LogP contribution is 2.38. The number of aliphatic hydroxyl groups excluding tert-OH is 1. The zero-order valence-electron chi connectivity index (χ0n) is 32.0. The summed E-state index contributed by atoms with van der Waals surface area (Å²) in [7, 11) is 0. The van der Waals surface area contributed by atoms with Crippen LogP contribution in [0.3, 0.4) is 0 Å². The molecule has 1 aromatic heterocycles. The molecule has 0 radical (unpaired) electrons. The quantitative estimate of drug-likeness (QED) is 0.108. The summed E-state index contributed by atoms with van der Waals surface area (Å²) in [6, 6.07) is 29.2. The van der Waals surface area contributed by atoms with Crippen molar-refractivity contribution in [1.82, 2.24) is 9.88 Å². The van der Waals surface area contributed by atoms with Crippen molar-refractivity contribution in [3.63, 3.8) is 0 Å². The van der Waals surface area contributed by atoms with Gasteiger partial charge in [-0.25, -0.2) is 0 Å². The SMILES string of the molecule is Cc1c(COc2cc(OCc3cncc(C#N)c3)c(CC[C@@H]3CCC[C@@H]3O)cc2Cl)cccc1-c1cccc(-c2ccc(CN3CC(CC(=O)O)C3)cc2)c1C. The van der Waals surface area contributed by atoms with Crippen LogP contribution in [0.15, 0.2) is 91.3 Å². The van der Waals surface area contributed by atoms with E-state index >= 15 is 0 Å². The normalized spacial score (nSPS) is 17.0. The van der Waals surface area contributed by atoms with E-state index < -0.39 is 5.97 Å². The molecule has 1 aliphatic heterocycles. The number of aliphatic carboxylic acids is 1. The number of likely N-dealkylation sites (tertiary alicyclic amines) is 1. The Bertz CT molecular complexity index is 2230. The first-order valence-corrected chi connectivity index (χ1v) is 19.8. The second-order valence-corrected chi connectivity index (χ2v) is 15.8. The molecule has 2 fully saturated rings. The van der Waals surface area contributed by atoms with E-state index in [0.717, 1.165) is 84.3 Å². The van der Waals surface area contributed by atoms with Gasteiger partial charge in [-0.2, -0.15) is 5.26 Å². The van der Waals surface area contributed by atoms with Crippen molar-refractivity contribution >= 4 is 17.6 Å². The number of rotatable bonds is 15. The number of carbonyl (C=O) groups is 1. The topological polar surface area (TPSA) is 116 Å². The number of carboxylic acids is 1. The van der Waals surface area contributed by atoms with Gasteiger partial charge in [0, 0.05) is 43.7 Å². The first-order valence-electron chi connectivity index (χ1n) is 19.5. The van der Waals surface area contributed by atoms with Gasteiger partial charge in [0.15, 0.2) is 0 Å². The number of hydrogen-bond acceptors (Lipinski definition) is 7. The van der Waals surface area contributed by atoms with Gasteiger partial charge in [-0.15, -0.1) is 0 Å². The molecule has 0 amide bonds. The van der Waals surface area contributed by atoms with E-state index in [-0.39, 0.29) is 31.0 Å². The minimum atomic E-state index is -0.720. The summed E-state index contributed by atoms with van der Waals surface area (Å²) in [4.78, 5) is 17.5. The van der Waals surface area contributed by atoms with Gasteiger partial charge in [0.1, 0.15) is 30.8 Å². The summed E-state index contributed by atoms with van der Waals surface area (Å²) < 4.78 is 12.8. The van der Waals surface area contributed by atoms with Gasteiger partial charge >= 0.3 is 5.97 Å². The Morgan fingerprint density at radius 3 is 2.34 bits per heavy atom. The second-order valence-electron chi connectivity index (χ2n) is 15.4. The Hall–Kier alpha value is -5.20. The predicted molar refractivity (Wildman–Crippen MR) is 219 cm³/mol. The van der Waals surface area contributed by atoms with Crippen LogP contribution in [0.25, 0.3) is 22.3 Å². The molecule has 0 spiro atoms. The van der Waals surface area contributed by atoms with Crippen molar-refractivity contribution < 1.29 is 24.5 Å². The molecule has 5 aromatic rings. The average molecular weight is 770 g/mol. The van der Waals surface area contributed by atoms with Crippen LogP contribution in [-0.4, -0.2) is 45.3 Å². The lowest BCUT2D eigenvalue weighted by molar-refractivity contribution is -0.139. The number of benzene rings is 4. The summed E-state index contributed by atoms with van der Waals surface area (Å²) in [5.41, 5.74) is 11.5. The number of aromatic nitrogens is 1. The molecule has 4 aromatic carbocycles. The molecule has 7 rings (SSSR count). The molecule has 0 bridgehead atoms. The summed E-state index contributed by atoms with van der Waals surface area (Å²) in [5.74, 6) is 0.977. The molecule has 56 heavy (non-hydrogen) atoms. The van der Waals surface area contributed by atoms with Gasteiger partial charge in [-0.1, -0.05) is 78.7 Å². The fraction of sp³-hybridized carbons (Fsp3) is 0.340. The van der Waals surface area contributed by atoms with E-state index in [1.165, 1.54) is 22.9 Å². The average Bonchev–Trinajstić information content (AvgIpc) is 3.60. The molecule has 1 saturated carbocycles. The molecule has 2 N–H and O–H groups in total. The van der Waals surface area contributed by atoms with Crippen molar-refractivity contribution in [2.75, 3.05) is 13.1 Å². The van der Waals surface area contributed by atoms with Crippen LogP contribution in [0.5, 0.6) is 11.5 Å². The smallest absolute Gasteiger partial charge is 0.303 e. The summed E-state index contributed by atoms with van der Waals surface area (Å²) in [5, 5.41) is 29.4. The van der Waals surface area contributed by atoms with Crippen molar-refractivity contribution in [1.29, 1.82) is 5.26 Å². The van der Waals surface area contributed by atoms with Gasteiger partial charge in [0.2, 0.25) is 0 Å². The van der Waals surface area contributed by atoms with E-state index in [9.17, 15) is 15.2 Å². The lowest BCUT2D eigenvalue weighted by atomic mass is 9.89. The number of pyridine rings is 1. The lowest BCUT2D eigenvalue weighted by Crippen LogP contribution is -2.46. The highest BCUT2D eigenvalue weighted by atomic mass is 35.5. The Balaban J connectivity index is 1.06. The van der Waals surface area contributed by atoms with Crippen molar-refractivity contribution in [2.45, 2.75) is 78.2 Å². The number of halogens is 1. The van der Waals surface area contributed by atoms with E-state index in [4.69, 9.17) is 26.2 Å². The highest BCUT2D eigenvalue weighted by Gasteiger charge is 2.28. The fourth-order valence-electron chi connectivity index (χ4n) is 8.26. The zero-order valence-corrected chi connectivity index (χ0v) is 32.8. The molecule has 288 valence electrons. The van der Waals surface area contributed by atoms with E-state index in [2.05, 4.69) is 90.5 Å². The van der Waals surface area contributed by atoms with Gasteiger partial charge in [0.05, 0.1) is 23.1 Å². The summed E-state index contributed by atoms with van der Waals surface area (Å²) >= 11 is 6.88. The van der Waals surface area contributed by atoms with Crippen LogP contribution in [0.1, 0.15) is 71.0 Å². The number of nitriles is 1. The monoisotopic (exact) mass is 769 g/mol. The third kappa shape index (κ3) is 9.25. The van der Waals surface area contributed by atoms with E-state index in [1.807, 2.05) is 12.1 Å². The molecule has 2 aliphatic rings. The minimum absolute atomic E-state index is 0.238. The third-order valence-electron chi connectivity index (χ3n) is 11.5. The Kier molecular flexibility index (Phi) is 12.4. The van der Waals surface area contributed by atoms with E-state index in [1.54, 1.807) is 12.3 Å². The van der Waals surface area contributed by atoms with Crippen LogP contribution >= 0.6 is 11.6 Å². The van der Waals surface area contributed by atoms with Crippen molar-refractivity contribution in [3.8, 4) is 39.8 Å². The zero-order chi connectivity index (χ0) is 39.2. The summed E-state index contributed by atoms with van der Waals surface area (Å²) in [6.45, 7) is 7.35. The molecule has 0 unspecified atom stereocenters. The van der Waals surface area contributed by atoms with Crippen molar-refractivity contribution in [3.05, 3.63) is 135 Å². The largest absolute Gasteiger partial charge is 0.488 e. The fourth-order valence-corrected chi connectivity index (χ4v) is 8.50. The number of nitrogens with zero attached hydrogens (tertiary/aromatic N) is 3. The number of aliphatic hydroxyl groups is 1. The molecular formula is C47H48ClN3O5. The molecule has 2 heterocycles. The number of ether oxygens (including phenoxy) is 2. The van der Waals surface area contributed by atoms with Crippen LogP contribution in [-0.2, 0) is 31.0 Å². The van der Waals surface area contributed by atoms with Gasteiger partial charge in [-0.05, 0) is 114 Å². The number of aryl methyl sites for hydroxylation is 1. The molecule has 2 atom stereocenters. The standard InChI is InChI=1S/C47H48ClN3O5/c1-30-39(7-3-9-41(30)42-10-5-8-40(31(42)2)36-14-12-32(13-15-36)25-51-26-35(27-51)19-47(53)54)29-56-46-21-45(55-28-34-18-33(22-49)23-50-24-34)38(20-43(46)48)17-16-37-6-4-11-44(37)52/h3,5,7-10,12-15,18,20-21,23-24,35,37,44,52H,4,6,11,16-17,19,25-29H2,1-2H3,(H,53,54)/t37-,44-/m0/s1. The first kappa shape index (κ1) is 39.1. The van der Waals surface area contributed by atoms with Crippen molar-refractivity contribution in [2.24, 2.45) is 11.8 Å². The maximum absolute atomic E-state index is 11.0. The van der Waals surface area contributed by atoms with E-state index in [0.29, 0.717) is 35.1 Å². The maximum Gasteiger partial charge on any atom is 0.303 e. The molecule has 8 nitrogen and oxygen atoms in total. The Morgan fingerprint density at radius 2 is 1.61 bits per heavy atom. The summed E-state index contributed by atoms with van der Waals surface area (Å²) in [6.07, 6.45) is 7.68. The van der Waals surface area contributed by atoms with Gasteiger partial charge < -0.3 is 19.7 Å². The second kappa shape index (κ2) is 17.7. The predicted octanol–water partition coefficient (Wildman–Crippen LogP) is 9.72. The molecule has 9 heteroatoms. The molecular weight excluding hydrogens is 722 g/mol. The maximum atomic E-state index is 11.0. The Morgan fingerprint density at radius 1 is 0.875 bits per heavy atom. The minimum Gasteiger partial charge on any atom is -0.488 e. The Labute approximate surface area is 334 Å². The van der Waals surface area contributed by atoms with Crippen LogP contribution in [0.2, 0.25) is 5.02 Å². The first-order chi connectivity index (χ1) is 27.1. The highest BCUT2D eigenvalue weighted by molar-refractivity contribution is 6.32. The number of hydrogen-bond donors (Lipinski definition) is 2. The van der Waals surface area contributed by atoms with Gasteiger partial charge in [0.25, 0.3) is 0 Å². The molecule has 1 saturated heterocycles. The van der Waals surface area contributed by atoms with Crippen LogP contribution in [0.4, 0.5) is 0 Å². The molecule has 1 aliphatic carbocycles.